The number of hydrogen-bond acceptors (Lipinski definition) is 1. The molecule has 0 amide bonds. The molecule has 0 saturated heterocycles. The number of benzene rings is 2. The minimum atomic E-state index is 0.174. The average Bonchev–Trinajstić information content (AvgIpc) is 2.63. The number of rotatable bonds is 3. The zero-order valence-corrected chi connectivity index (χ0v) is 17.6. The molecule has 0 heterocycles. The summed E-state index contributed by atoms with van der Waals surface area (Å²) < 4.78 is 0. The number of nitrogens with zero attached hydrogens (tertiary/aromatic N) is 1. The molecule has 0 aliphatic heterocycles. The molecule has 1 aliphatic rings. The van der Waals surface area contributed by atoms with Crippen molar-refractivity contribution < 1.29 is 0 Å². The molecular weight excluding hydrogens is 382 g/mol. The van der Waals surface area contributed by atoms with Crippen LogP contribution in [0.15, 0.2) is 53.5 Å². The highest BCUT2D eigenvalue weighted by molar-refractivity contribution is 9.11. The normalized spacial score (nSPS) is 18.9. The number of fused-ring (bicyclic) bond motifs is 1. The van der Waals surface area contributed by atoms with E-state index in [0.29, 0.717) is 5.56 Å². The van der Waals surface area contributed by atoms with Gasteiger partial charge in [-0.2, -0.15) is 5.26 Å². The molecule has 1 aliphatic carbocycles. The Morgan fingerprint density at radius 3 is 2.08 bits per heavy atom. The molecule has 26 heavy (non-hydrogen) atoms. The van der Waals surface area contributed by atoms with E-state index >= 15 is 0 Å². The number of hydrogen-bond donors (Lipinski definition) is 0. The summed E-state index contributed by atoms with van der Waals surface area (Å²) in [4.78, 5) is 1.93. The van der Waals surface area contributed by atoms with E-state index in [4.69, 9.17) is 5.26 Å². The van der Waals surface area contributed by atoms with Gasteiger partial charge in [0, 0.05) is 5.92 Å². The maximum atomic E-state index is 9.06. The first-order chi connectivity index (χ1) is 12.3. The lowest BCUT2D eigenvalue weighted by Gasteiger charge is -2.42. The van der Waals surface area contributed by atoms with Crippen LogP contribution in [0.4, 0.5) is 0 Å². The lowest BCUT2D eigenvalue weighted by Crippen LogP contribution is -2.34. The lowest BCUT2D eigenvalue weighted by atomic mass is 9.62. The second kappa shape index (κ2) is 7.05. The molecule has 0 bridgehead atoms. The van der Waals surface area contributed by atoms with E-state index in [0.717, 1.165) is 0 Å². The summed E-state index contributed by atoms with van der Waals surface area (Å²) in [7, 11) is 0. The molecule has 134 valence electrons. The van der Waals surface area contributed by atoms with Gasteiger partial charge in [0.25, 0.3) is 0 Å². The zero-order valence-electron chi connectivity index (χ0n) is 16.0. The van der Waals surface area contributed by atoms with Gasteiger partial charge in [-0.15, -0.1) is 0 Å². The van der Waals surface area contributed by atoms with Gasteiger partial charge in [0.15, 0.2) is 0 Å². The molecular formula is C24H26BrN. The molecule has 0 spiro atoms. The third-order valence-electron chi connectivity index (χ3n) is 5.90. The van der Waals surface area contributed by atoms with Gasteiger partial charge in [-0.05, 0) is 63.0 Å². The first kappa shape index (κ1) is 18.9. The van der Waals surface area contributed by atoms with Crippen molar-refractivity contribution in [2.45, 2.75) is 57.3 Å². The molecule has 0 saturated carbocycles. The molecule has 0 fully saturated rings. The van der Waals surface area contributed by atoms with Crippen molar-refractivity contribution in [1.29, 1.82) is 5.26 Å². The SMILES string of the molecule is CC1(C)CCC(C)(C)c2cc(C(C=CBr)c3ccc(C#N)cc3)ccc21. The van der Waals surface area contributed by atoms with Crippen LogP contribution in [0, 0.1) is 11.3 Å². The Kier molecular flexibility index (Phi) is 5.13. The van der Waals surface area contributed by atoms with E-state index in [1.807, 2.05) is 17.1 Å². The van der Waals surface area contributed by atoms with Crippen LogP contribution >= 0.6 is 15.9 Å². The second-order valence-corrected chi connectivity index (χ2v) is 9.13. The van der Waals surface area contributed by atoms with E-state index in [1.54, 1.807) is 0 Å². The van der Waals surface area contributed by atoms with Crippen LogP contribution in [0.3, 0.4) is 0 Å². The van der Waals surface area contributed by atoms with Crippen molar-refractivity contribution in [3.8, 4) is 6.07 Å². The molecule has 2 aromatic carbocycles. The minimum absolute atomic E-state index is 0.174. The van der Waals surface area contributed by atoms with E-state index in [2.05, 4.69) is 86.1 Å². The van der Waals surface area contributed by atoms with E-state index in [9.17, 15) is 0 Å². The molecule has 0 N–H and O–H groups in total. The van der Waals surface area contributed by atoms with Gasteiger partial charge in [0.1, 0.15) is 0 Å². The summed E-state index contributed by atoms with van der Waals surface area (Å²) in [6.45, 7) is 9.44. The Morgan fingerprint density at radius 2 is 1.50 bits per heavy atom. The fourth-order valence-electron chi connectivity index (χ4n) is 4.05. The zero-order chi connectivity index (χ0) is 18.9. The summed E-state index contributed by atoms with van der Waals surface area (Å²) in [5.74, 6) is 0.174. The summed E-state index contributed by atoms with van der Waals surface area (Å²) in [5, 5.41) is 9.06. The highest BCUT2D eigenvalue weighted by atomic mass is 79.9. The van der Waals surface area contributed by atoms with Crippen molar-refractivity contribution in [3.05, 3.63) is 81.3 Å². The Balaban J connectivity index is 2.10. The van der Waals surface area contributed by atoms with Crippen LogP contribution in [0.25, 0.3) is 0 Å². The molecule has 1 unspecified atom stereocenters. The maximum absolute atomic E-state index is 9.06. The van der Waals surface area contributed by atoms with Gasteiger partial charge in [0.05, 0.1) is 11.6 Å². The lowest BCUT2D eigenvalue weighted by molar-refractivity contribution is 0.331. The average molecular weight is 408 g/mol. The van der Waals surface area contributed by atoms with Gasteiger partial charge in [0.2, 0.25) is 0 Å². The number of nitriles is 1. The monoisotopic (exact) mass is 407 g/mol. The van der Waals surface area contributed by atoms with E-state index in [-0.39, 0.29) is 16.7 Å². The Bertz CT molecular complexity index is 866. The van der Waals surface area contributed by atoms with Crippen LogP contribution in [0.2, 0.25) is 0 Å². The first-order valence-corrected chi connectivity index (χ1v) is 10.1. The summed E-state index contributed by atoms with van der Waals surface area (Å²) in [6, 6.07) is 17.1. The van der Waals surface area contributed by atoms with Gasteiger partial charge in [-0.3, -0.25) is 0 Å². The van der Waals surface area contributed by atoms with Gasteiger partial charge >= 0.3 is 0 Å². The molecule has 1 nitrogen and oxygen atoms in total. The van der Waals surface area contributed by atoms with Crippen molar-refractivity contribution in [2.75, 3.05) is 0 Å². The molecule has 1 atom stereocenters. The highest BCUT2D eigenvalue weighted by Crippen LogP contribution is 2.46. The number of allylic oxidation sites excluding steroid dienone is 1. The fraction of sp³-hybridized carbons (Fsp3) is 0.375. The van der Waals surface area contributed by atoms with Crippen LogP contribution in [-0.4, -0.2) is 0 Å². The Morgan fingerprint density at radius 1 is 0.923 bits per heavy atom. The summed E-state index contributed by atoms with van der Waals surface area (Å²) in [6.07, 6.45) is 4.61. The predicted octanol–water partition coefficient (Wildman–Crippen LogP) is 6.95. The highest BCUT2D eigenvalue weighted by Gasteiger charge is 2.37. The van der Waals surface area contributed by atoms with Crippen LogP contribution in [-0.2, 0) is 10.8 Å². The molecule has 2 aromatic rings. The van der Waals surface area contributed by atoms with Gasteiger partial charge < -0.3 is 0 Å². The van der Waals surface area contributed by atoms with Crippen molar-refractivity contribution in [1.82, 2.24) is 0 Å². The van der Waals surface area contributed by atoms with Crippen molar-refractivity contribution in [2.24, 2.45) is 0 Å². The molecule has 0 radical (unpaired) electrons. The molecule has 0 aromatic heterocycles. The van der Waals surface area contributed by atoms with Gasteiger partial charge in [-0.25, -0.2) is 0 Å². The van der Waals surface area contributed by atoms with Crippen LogP contribution in [0.1, 0.15) is 74.3 Å². The van der Waals surface area contributed by atoms with Gasteiger partial charge in [-0.1, -0.05) is 80.0 Å². The Hall–Kier alpha value is -1.85. The first-order valence-electron chi connectivity index (χ1n) is 9.20. The Labute approximate surface area is 165 Å². The largest absolute Gasteiger partial charge is 0.192 e. The third-order valence-corrected chi connectivity index (χ3v) is 6.21. The third kappa shape index (κ3) is 3.51. The number of halogens is 1. The minimum Gasteiger partial charge on any atom is -0.192 e. The van der Waals surface area contributed by atoms with Crippen LogP contribution in [0.5, 0.6) is 0 Å². The standard InChI is InChI=1S/C24H26BrN/c1-23(2)12-13-24(3,4)22-15-19(9-10-21(22)23)20(11-14-25)18-7-5-17(16-26)6-8-18/h5-11,14-15,20H,12-13H2,1-4H3. The van der Waals surface area contributed by atoms with Crippen molar-refractivity contribution in [3.63, 3.8) is 0 Å². The summed E-state index contributed by atoms with van der Waals surface area (Å²) in [5.41, 5.74) is 6.60. The topological polar surface area (TPSA) is 23.8 Å². The summed E-state index contributed by atoms with van der Waals surface area (Å²) >= 11 is 3.46. The molecule has 2 heteroatoms. The fourth-order valence-corrected chi connectivity index (χ4v) is 4.36. The quantitative estimate of drug-likeness (QED) is 0.539. The second-order valence-electron chi connectivity index (χ2n) is 8.60. The maximum Gasteiger partial charge on any atom is 0.0991 e. The van der Waals surface area contributed by atoms with E-state index < -0.39 is 0 Å². The smallest absolute Gasteiger partial charge is 0.0991 e. The predicted molar refractivity (Wildman–Crippen MR) is 113 cm³/mol. The van der Waals surface area contributed by atoms with Crippen LogP contribution < -0.4 is 0 Å². The van der Waals surface area contributed by atoms with E-state index in [1.165, 1.54) is 35.1 Å². The molecule has 3 rings (SSSR count). The van der Waals surface area contributed by atoms with Crippen molar-refractivity contribution >= 4 is 15.9 Å².